The summed E-state index contributed by atoms with van der Waals surface area (Å²) in [6.45, 7) is 3.68. The summed E-state index contributed by atoms with van der Waals surface area (Å²) in [7, 11) is 0. The third kappa shape index (κ3) is 5.64. The first kappa shape index (κ1) is 24.2. The first-order valence-corrected chi connectivity index (χ1v) is 12.5. The molecule has 1 amide bonds. The van der Waals surface area contributed by atoms with Gasteiger partial charge in [-0.3, -0.25) is 19.7 Å². The molecule has 184 valence electrons. The van der Waals surface area contributed by atoms with Crippen molar-refractivity contribution in [3.63, 3.8) is 0 Å². The summed E-state index contributed by atoms with van der Waals surface area (Å²) in [5.41, 5.74) is 5.08. The Kier molecular flexibility index (Phi) is 7.39. The van der Waals surface area contributed by atoms with E-state index in [4.69, 9.17) is 21.0 Å². The van der Waals surface area contributed by atoms with Gasteiger partial charge < -0.3 is 9.73 Å². The Balaban J connectivity index is 1.29. The van der Waals surface area contributed by atoms with Crippen molar-refractivity contribution in [2.75, 3.05) is 0 Å². The van der Waals surface area contributed by atoms with Gasteiger partial charge in [-0.25, -0.2) is 4.98 Å². The van der Waals surface area contributed by atoms with E-state index < -0.39 is 0 Å². The Hall–Kier alpha value is -3.55. The molecule has 0 radical (unpaired) electrons. The van der Waals surface area contributed by atoms with Crippen molar-refractivity contribution in [1.29, 1.82) is 0 Å². The van der Waals surface area contributed by atoms with Crippen LogP contribution in [0.25, 0.3) is 0 Å². The van der Waals surface area contributed by atoms with E-state index in [2.05, 4.69) is 38.4 Å². The molecule has 36 heavy (non-hydrogen) atoms. The predicted molar refractivity (Wildman–Crippen MR) is 137 cm³/mol. The molecule has 1 N–H and O–H groups in total. The number of hydrogen-bond acceptors (Lipinski definition) is 6. The Morgan fingerprint density at radius 3 is 2.69 bits per heavy atom. The molecular formula is C28H28ClN5O2. The molecule has 0 bridgehead atoms. The van der Waals surface area contributed by atoms with Crippen molar-refractivity contribution >= 4 is 17.5 Å². The van der Waals surface area contributed by atoms with Gasteiger partial charge in [-0.2, -0.15) is 0 Å². The number of benzene rings is 1. The van der Waals surface area contributed by atoms with E-state index in [1.54, 1.807) is 18.5 Å². The number of carbonyl (C=O) groups is 1. The van der Waals surface area contributed by atoms with Gasteiger partial charge in [-0.1, -0.05) is 41.9 Å². The highest BCUT2D eigenvalue weighted by Gasteiger charge is 2.28. The van der Waals surface area contributed by atoms with Crippen LogP contribution in [0.15, 0.2) is 71.7 Å². The van der Waals surface area contributed by atoms with E-state index in [-0.39, 0.29) is 11.9 Å². The highest BCUT2D eigenvalue weighted by molar-refractivity contribution is 6.33. The van der Waals surface area contributed by atoms with Crippen LogP contribution in [0, 0.1) is 6.92 Å². The van der Waals surface area contributed by atoms with Crippen LogP contribution >= 0.6 is 11.6 Å². The number of aromatic nitrogens is 3. The van der Waals surface area contributed by atoms with E-state index in [1.807, 2.05) is 31.3 Å². The molecule has 4 aromatic rings. The number of nitrogens with zero attached hydrogens (tertiary/aromatic N) is 4. The average Bonchev–Trinajstić information content (AvgIpc) is 3.32. The van der Waals surface area contributed by atoms with Crippen LogP contribution in [0.1, 0.15) is 63.3 Å². The number of halogens is 1. The quantitative estimate of drug-likeness (QED) is 0.346. The molecule has 5 rings (SSSR count). The SMILES string of the molecule is Cc1cnc(CN(Cc2ccc(CNC(=O)c3ccncc3Cl)cc2)C2CCCc3cccnc32)o1. The number of amides is 1. The van der Waals surface area contributed by atoms with Gasteiger partial charge in [0.25, 0.3) is 5.91 Å². The van der Waals surface area contributed by atoms with Gasteiger partial charge in [0.1, 0.15) is 5.76 Å². The lowest BCUT2D eigenvalue weighted by atomic mass is 9.90. The van der Waals surface area contributed by atoms with Crippen LogP contribution in [-0.4, -0.2) is 25.8 Å². The Morgan fingerprint density at radius 2 is 1.92 bits per heavy atom. The maximum absolute atomic E-state index is 12.5. The molecule has 0 saturated heterocycles. The molecular weight excluding hydrogens is 474 g/mol. The highest BCUT2D eigenvalue weighted by Crippen LogP contribution is 2.34. The Labute approximate surface area is 215 Å². The van der Waals surface area contributed by atoms with Crippen molar-refractivity contribution < 1.29 is 9.21 Å². The first-order chi connectivity index (χ1) is 17.6. The lowest BCUT2D eigenvalue weighted by Gasteiger charge is -2.34. The second-order valence-electron chi connectivity index (χ2n) is 9.08. The molecule has 1 unspecified atom stereocenters. The molecule has 7 nitrogen and oxygen atoms in total. The second kappa shape index (κ2) is 11.0. The largest absolute Gasteiger partial charge is 0.445 e. The molecule has 3 heterocycles. The minimum atomic E-state index is -0.220. The third-order valence-corrected chi connectivity index (χ3v) is 6.79. The van der Waals surface area contributed by atoms with Crippen molar-refractivity contribution in [1.82, 2.24) is 25.2 Å². The normalized spacial score (nSPS) is 15.0. The van der Waals surface area contributed by atoms with Gasteiger partial charge in [0, 0.05) is 31.7 Å². The zero-order chi connectivity index (χ0) is 24.9. The molecule has 1 aromatic carbocycles. The van der Waals surface area contributed by atoms with E-state index in [0.717, 1.165) is 42.8 Å². The van der Waals surface area contributed by atoms with Gasteiger partial charge in [-0.15, -0.1) is 0 Å². The highest BCUT2D eigenvalue weighted by atomic mass is 35.5. The number of nitrogens with one attached hydrogen (secondary N) is 1. The monoisotopic (exact) mass is 501 g/mol. The van der Waals surface area contributed by atoms with Gasteiger partial charge in [0.2, 0.25) is 5.89 Å². The van der Waals surface area contributed by atoms with E-state index in [9.17, 15) is 4.79 Å². The lowest BCUT2D eigenvalue weighted by molar-refractivity contribution is 0.0951. The van der Waals surface area contributed by atoms with Crippen molar-refractivity contribution in [3.05, 3.63) is 112 Å². The molecule has 8 heteroatoms. The van der Waals surface area contributed by atoms with Crippen LogP contribution < -0.4 is 5.32 Å². The standard InChI is InChI=1S/C28H28ClN5O2/c1-19-14-32-26(36-19)18-34(25-6-2-4-22-5-3-12-31-27(22)25)17-21-9-7-20(8-10-21)15-33-28(35)23-11-13-30-16-24(23)29/h3,5,7-14,16,25H,2,4,6,15,17-18H2,1H3,(H,33,35). The van der Waals surface area contributed by atoms with Crippen LogP contribution in [0.5, 0.6) is 0 Å². The van der Waals surface area contributed by atoms with Crippen LogP contribution in [-0.2, 0) is 26.1 Å². The number of rotatable bonds is 8. The number of fused-ring (bicyclic) bond motifs is 1. The maximum atomic E-state index is 12.5. The lowest BCUT2D eigenvalue weighted by Crippen LogP contribution is -2.31. The van der Waals surface area contributed by atoms with Crippen LogP contribution in [0.2, 0.25) is 5.02 Å². The molecule has 1 aliphatic rings. The molecule has 0 aliphatic heterocycles. The smallest absolute Gasteiger partial charge is 0.253 e. The fourth-order valence-electron chi connectivity index (χ4n) is 4.70. The zero-order valence-electron chi connectivity index (χ0n) is 20.2. The van der Waals surface area contributed by atoms with E-state index in [0.29, 0.717) is 29.6 Å². The molecule has 3 aromatic heterocycles. The summed E-state index contributed by atoms with van der Waals surface area (Å²) in [6.07, 6.45) is 9.92. The number of hydrogen-bond donors (Lipinski definition) is 1. The van der Waals surface area contributed by atoms with Crippen LogP contribution in [0.4, 0.5) is 0 Å². The predicted octanol–water partition coefficient (Wildman–Crippen LogP) is 5.44. The summed E-state index contributed by atoms with van der Waals surface area (Å²) in [6, 6.07) is 14.3. The number of pyridine rings is 2. The summed E-state index contributed by atoms with van der Waals surface area (Å²) in [4.78, 5) is 28.0. The topological polar surface area (TPSA) is 84.2 Å². The average molecular weight is 502 g/mol. The molecule has 0 saturated carbocycles. The maximum Gasteiger partial charge on any atom is 0.253 e. The van der Waals surface area contributed by atoms with Gasteiger partial charge in [0.05, 0.1) is 35.1 Å². The van der Waals surface area contributed by atoms with Crippen molar-refractivity contribution in [2.45, 2.75) is 51.9 Å². The molecule has 1 aliphatic carbocycles. The number of carbonyl (C=O) groups excluding carboxylic acids is 1. The zero-order valence-corrected chi connectivity index (χ0v) is 20.9. The van der Waals surface area contributed by atoms with Crippen molar-refractivity contribution in [3.8, 4) is 0 Å². The van der Waals surface area contributed by atoms with E-state index in [1.165, 1.54) is 17.3 Å². The minimum absolute atomic E-state index is 0.200. The summed E-state index contributed by atoms with van der Waals surface area (Å²) in [5, 5.41) is 3.26. The minimum Gasteiger partial charge on any atom is -0.445 e. The van der Waals surface area contributed by atoms with Crippen molar-refractivity contribution in [2.24, 2.45) is 0 Å². The molecule has 0 spiro atoms. The summed E-state index contributed by atoms with van der Waals surface area (Å²) >= 11 is 6.08. The Bertz CT molecular complexity index is 1340. The summed E-state index contributed by atoms with van der Waals surface area (Å²) < 4.78 is 5.82. The number of oxazole rings is 1. The summed E-state index contributed by atoms with van der Waals surface area (Å²) in [5.74, 6) is 1.30. The van der Waals surface area contributed by atoms with Gasteiger partial charge in [-0.05, 0) is 55.0 Å². The molecule has 0 fully saturated rings. The fraction of sp³-hybridized carbons (Fsp3) is 0.286. The van der Waals surface area contributed by atoms with E-state index >= 15 is 0 Å². The Morgan fingerprint density at radius 1 is 1.08 bits per heavy atom. The number of aryl methyl sites for hydroxylation is 2. The first-order valence-electron chi connectivity index (χ1n) is 12.1. The van der Waals surface area contributed by atoms with Crippen LogP contribution in [0.3, 0.4) is 0 Å². The van der Waals surface area contributed by atoms with Gasteiger partial charge >= 0.3 is 0 Å². The molecule has 1 atom stereocenters. The fourth-order valence-corrected chi connectivity index (χ4v) is 4.90. The third-order valence-electron chi connectivity index (χ3n) is 6.49. The second-order valence-corrected chi connectivity index (χ2v) is 9.49. The van der Waals surface area contributed by atoms with Gasteiger partial charge in [0.15, 0.2) is 0 Å².